The largest absolute Gasteiger partial charge is 0.490 e. The van der Waals surface area contributed by atoms with Crippen LogP contribution in [0.3, 0.4) is 0 Å². The third-order valence-corrected chi connectivity index (χ3v) is 7.36. The minimum Gasteiger partial charge on any atom is -0.490 e. The number of thiophene rings is 1. The average molecular weight is 488 g/mol. The number of H-pyrrole nitrogens is 1. The molecule has 2 amide bonds. The van der Waals surface area contributed by atoms with E-state index in [4.69, 9.17) is 4.74 Å². The van der Waals surface area contributed by atoms with Crippen LogP contribution in [0.15, 0.2) is 72.2 Å². The number of rotatable bonds is 9. The first-order valence-electron chi connectivity index (χ1n) is 12.1. The number of carbonyl (C=O) groups is 2. The van der Waals surface area contributed by atoms with Gasteiger partial charge in [-0.3, -0.25) is 9.59 Å². The van der Waals surface area contributed by atoms with Crippen LogP contribution < -0.4 is 15.4 Å². The number of aromatic amines is 1. The molecule has 1 unspecified atom stereocenters. The van der Waals surface area contributed by atoms with Crippen LogP contribution in [0.25, 0.3) is 10.9 Å². The van der Waals surface area contributed by atoms with Crippen molar-refractivity contribution in [2.75, 3.05) is 0 Å². The standard InChI is InChI=1S/C28H29N3O3S/c32-27(30-17-19-8-1-6-13-25(19)34-21-9-2-3-10-21)24(31-28(33)26-14-7-15-35-26)16-20-18-29-23-12-5-4-11-22(20)23/h1,4-8,11-15,18,21,24,29H,2-3,9-10,16-17H2,(H,30,32)(H,31,33). The zero-order valence-electron chi connectivity index (χ0n) is 19.5. The van der Waals surface area contributed by atoms with Gasteiger partial charge >= 0.3 is 0 Å². The molecule has 1 fully saturated rings. The lowest BCUT2D eigenvalue weighted by Gasteiger charge is -2.20. The average Bonchev–Trinajstić information content (AvgIpc) is 3.66. The van der Waals surface area contributed by atoms with Crippen molar-refractivity contribution in [1.29, 1.82) is 0 Å². The number of hydrogen-bond donors (Lipinski definition) is 3. The van der Waals surface area contributed by atoms with Crippen LogP contribution in [0.4, 0.5) is 0 Å². The summed E-state index contributed by atoms with van der Waals surface area (Å²) in [5, 5.41) is 8.88. The smallest absolute Gasteiger partial charge is 0.262 e. The second kappa shape index (κ2) is 10.8. The van der Waals surface area contributed by atoms with Crippen LogP contribution >= 0.6 is 11.3 Å². The molecule has 0 saturated heterocycles. The predicted octanol–water partition coefficient (Wildman–Crippen LogP) is 5.21. The second-order valence-corrected chi connectivity index (χ2v) is 9.86. The number of fused-ring (bicyclic) bond motifs is 1. The molecule has 180 valence electrons. The Kier molecular flexibility index (Phi) is 7.14. The van der Waals surface area contributed by atoms with Gasteiger partial charge in [-0.15, -0.1) is 11.3 Å². The van der Waals surface area contributed by atoms with Crippen molar-refractivity contribution in [1.82, 2.24) is 15.6 Å². The third-order valence-electron chi connectivity index (χ3n) is 6.49. The molecule has 0 radical (unpaired) electrons. The monoisotopic (exact) mass is 487 g/mol. The molecule has 1 aliphatic carbocycles. The zero-order chi connectivity index (χ0) is 24.0. The van der Waals surface area contributed by atoms with Gasteiger partial charge in [-0.2, -0.15) is 0 Å². The lowest BCUT2D eigenvalue weighted by Crippen LogP contribution is -2.47. The molecular formula is C28H29N3O3S. The number of carbonyl (C=O) groups excluding carboxylic acids is 2. The minimum absolute atomic E-state index is 0.226. The van der Waals surface area contributed by atoms with Gasteiger partial charge in [-0.25, -0.2) is 0 Å². The summed E-state index contributed by atoms with van der Waals surface area (Å²) in [5.74, 6) is 0.344. The van der Waals surface area contributed by atoms with Crippen molar-refractivity contribution in [3.63, 3.8) is 0 Å². The molecule has 2 aromatic heterocycles. The molecule has 7 heteroatoms. The van der Waals surface area contributed by atoms with Gasteiger partial charge in [0.15, 0.2) is 0 Å². The molecular weight excluding hydrogens is 458 g/mol. The van der Waals surface area contributed by atoms with Gasteiger partial charge in [0.25, 0.3) is 5.91 Å². The van der Waals surface area contributed by atoms with E-state index in [2.05, 4.69) is 15.6 Å². The van der Waals surface area contributed by atoms with Gasteiger partial charge in [-0.1, -0.05) is 42.5 Å². The highest BCUT2D eigenvalue weighted by Gasteiger charge is 2.24. The molecule has 0 bridgehead atoms. The van der Waals surface area contributed by atoms with Crippen molar-refractivity contribution in [2.45, 2.75) is 50.8 Å². The van der Waals surface area contributed by atoms with Crippen LogP contribution in [0.5, 0.6) is 5.75 Å². The Morgan fingerprint density at radius 1 is 1.00 bits per heavy atom. The van der Waals surface area contributed by atoms with E-state index in [1.807, 2.05) is 66.2 Å². The number of aromatic nitrogens is 1. The maximum absolute atomic E-state index is 13.4. The molecule has 6 nitrogen and oxygen atoms in total. The maximum Gasteiger partial charge on any atom is 0.262 e. The Morgan fingerprint density at radius 2 is 1.80 bits per heavy atom. The summed E-state index contributed by atoms with van der Waals surface area (Å²) >= 11 is 1.36. The summed E-state index contributed by atoms with van der Waals surface area (Å²) in [7, 11) is 0. The summed E-state index contributed by atoms with van der Waals surface area (Å²) in [6.07, 6.45) is 7.07. The molecule has 2 aromatic carbocycles. The van der Waals surface area contributed by atoms with Crippen molar-refractivity contribution < 1.29 is 14.3 Å². The van der Waals surface area contributed by atoms with E-state index in [1.165, 1.54) is 24.2 Å². The Morgan fingerprint density at radius 3 is 2.63 bits per heavy atom. The van der Waals surface area contributed by atoms with Crippen LogP contribution in [-0.4, -0.2) is 28.9 Å². The Bertz CT molecular complexity index is 1290. The Hall–Kier alpha value is -3.58. The fraction of sp³-hybridized carbons (Fsp3) is 0.286. The molecule has 1 aliphatic rings. The summed E-state index contributed by atoms with van der Waals surface area (Å²) in [6, 6.07) is 18.7. The lowest BCUT2D eigenvalue weighted by atomic mass is 10.0. The number of para-hydroxylation sites is 2. The van der Waals surface area contributed by atoms with Crippen molar-refractivity contribution in [3.8, 4) is 5.75 Å². The fourth-order valence-electron chi connectivity index (χ4n) is 4.62. The molecule has 35 heavy (non-hydrogen) atoms. The number of benzene rings is 2. The molecule has 0 aliphatic heterocycles. The van der Waals surface area contributed by atoms with Gasteiger partial charge in [0.2, 0.25) is 5.91 Å². The second-order valence-electron chi connectivity index (χ2n) is 8.92. The summed E-state index contributed by atoms with van der Waals surface area (Å²) in [6.45, 7) is 0.334. The summed E-state index contributed by atoms with van der Waals surface area (Å²) in [5.41, 5.74) is 2.92. The van der Waals surface area contributed by atoms with Crippen LogP contribution in [0.2, 0.25) is 0 Å². The molecule has 4 aromatic rings. The molecule has 0 spiro atoms. The molecule has 2 heterocycles. The fourth-order valence-corrected chi connectivity index (χ4v) is 5.25. The van der Waals surface area contributed by atoms with Crippen molar-refractivity contribution >= 4 is 34.1 Å². The van der Waals surface area contributed by atoms with E-state index in [-0.39, 0.29) is 17.9 Å². The Balaban J connectivity index is 1.31. The molecule has 5 rings (SSSR count). The van der Waals surface area contributed by atoms with Gasteiger partial charge in [0, 0.05) is 35.6 Å². The van der Waals surface area contributed by atoms with E-state index in [9.17, 15) is 9.59 Å². The molecule has 1 atom stereocenters. The first kappa shape index (κ1) is 23.2. The highest BCUT2D eigenvalue weighted by atomic mass is 32.1. The number of hydrogen-bond acceptors (Lipinski definition) is 4. The van der Waals surface area contributed by atoms with Gasteiger partial charge in [0.05, 0.1) is 11.0 Å². The SMILES string of the molecule is O=C(NC(Cc1c[nH]c2ccccc12)C(=O)NCc1ccccc1OC1CCCC1)c1cccs1. The summed E-state index contributed by atoms with van der Waals surface area (Å²) in [4.78, 5) is 30.0. The number of nitrogens with one attached hydrogen (secondary N) is 3. The van der Waals surface area contributed by atoms with Crippen molar-refractivity contribution in [2.24, 2.45) is 0 Å². The van der Waals surface area contributed by atoms with Gasteiger partial charge in [-0.05, 0) is 54.8 Å². The number of amides is 2. The van der Waals surface area contributed by atoms with Crippen molar-refractivity contribution in [3.05, 3.63) is 88.2 Å². The van der Waals surface area contributed by atoms with Crippen LogP contribution in [-0.2, 0) is 17.8 Å². The van der Waals surface area contributed by atoms with Crippen LogP contribution in [0.1, 0.15) is 46.5 Å². The summed E-state index contributed by atoms with van der Waals surface area (Å²) < 4.78 is 6.22. The lowest BCUT2D eigenvalue weighted by molar-refractivity contribution is -0.123. The topological polar surface area (TPSA) is 83.2 Å². The Labute approximate surface area is 208 Å². The van der Waals surface area contributed by atoms with E-state index in [1.54, 1.807) is 6.07 Å². The zero-order valence-corrected chi connectivity index (χ0v) is 20.3. The highest BCUT2D eigenvalue weighted by Crippen LogP contribution is 2.27. The van der Waals surface area contributed by atoms with E-state index in [0.717, 1.165) is 40.6 Å². The van der Waals surface area contributed by atoms with Gasteiger partial charge < -0.3 is 20.4 Å². The minimum atomic E-state index is -0.716. The van der Waals surface area contributed by atoms with E-state index in [0.29, 0.717) is 17.8 Å². The first-order valence-corrected chi connectivity index (χ1v) is 13.0. The predicted molar refractivity (Wildman–Crippen MR) is 139 cm³/mol. The molecule has 1 saturated carbocycles. The maximum atomic E-state index is 13.4. The van der Waals surface area contributed by atoms with Gasteiger partial charge in [0.1, 0.15) is 11.8 Å². The normalized spacial score (nSPS) is 14.6. The van der Waals surface area contributed by atoms with Crippen LogP contribution in [0, 0.1) is 0 Å². The quantitative estimate of drug-likeness (QED) is 0.303. The van der Waals surface area contributed by atoms with E-state index < -0.39 is 6.04 Å². The third kappa shape index (κ3) is 5.57. The van der Waals surface area contributed by atoms with E-state index >= 15 is 0 Å². The highest BCUT2D eigenvalue weighted by molar-refractivity contribution is 7.12. The first-order chi connectivity index (χ1) is 17.2. The number of ether oxygens (including phenoxy) is 1. The molecule has 3 N–H and O–H groups in total.